The molecular weight excluding hydrogens is 240 g/mol. The van der Waals surface area contributed by atoms with E-state index in [1.165, 1.54) is 38.5 Å². The van der Waals surface area contributed by atoms with Gasteiger partial charge in [-0.2, -0.15) is 11.8 Å². The third kappa shape index (κ3) is 2.15. The third-order valence-corrected chi connectivity index (χ3v) is 6.23. The second kappa shape index (κ2) is 4.01. The van der Waals surface area contributed by atoms with Crippen molar-refractivity contribution in [3.05, 3.63) is 0 Å². The first-order valence-corrected chi connectivity index (χ1v) is 8.76. The Bertz CT molecular complexity index is 357. The summed E-state index contributed by atoms with van der Waals surface area (Å²) in [6, 6.07) is 0. The van der Waals surface area contributed by atoms with Crippen molar-refractivity contribution in [2.24, 2.45) is 22.2 Å². The number of ketones is 1. The minimum absolute atomic E-state index is 0.385. The number of hydrogen-bond donors (Lipinski definition) is 0. The van der Waals surface area contributed by atoms with E-state index in [1.807, 2.05) is 6.26 Å². The van der Waals surface area contributed by atoms with E-state index < -0.39 is 0 Å². The van der Waals surface area contributed by atoms with Gasteiger partial charge in [0.1, 0.15) is 5.78 Å². The maximum atomic E-state index is 12.1. The van der Waals surface area contributed by atoms with Crippen molar-refractivity contribution in [1.29, 1.82) is 0 Å². The number of thioether (sulfide) groups is 1. The molecule has 0 saturated heterocycles. The van der Waals surface area contributed by atoms with E-state index in [-0.39, 0.29) is 0 Å². The molecule has 4 bridgehead atoms. The average Bonchev–Trinajstić information content (AvgIpc) is 2.09. The van der Waals surface area contributed by atoms with Gasteiger partial charge in [-0.15, -0.1) is 0 Å². The summed E-state index contributed by atoms with van der Waals surface area (Å²) in [4.78, 5) is 12.1. The predicted octanol–water partition coefficient (Wildman–Crippen LogP) is 4.31. The summed E-state index contributed by atoms with van der Waals surface area (Å²) >= 11 is 1.69. The second-order valence-corrected chi connectivity index (χ2v) is 9.14. The van der Waals surface area contributed by atoms with E-state index in [9.17, 15) is 4.79 Å². The van der Waals surface area contributed by atoms with Crippen molar-refractivity contribution in [2.75, 3.05) is 12.0 Å². The molecular formula is C16H26OS. The van der Waals surface area contributed by atoms with Crippen LogP contribution in [0, 0.1) is 22.2 Å². The molecule has 2 atom stereocenters. The molecule has 0 radical (unpaired) electrons. The van der Waals surface area contributed by atoms with Gasteiger partial charge in [0.25, 0.3) is 0 Å². The van der Waals surface area contributed by atoms with Gasteiger partial charge >= 0.3 is 0 Å². The Kier molecular flexibility index (Phi) is 2.90. The van der Waals surface area contributed by atoms with Gasteiger partial charge in [-0.25, -0.2) is 0 Å². The number of carbonyl (C=O) groups excluding carboxylic acids is 1. The van der Waals surface area contributed by atoms with Crippen LogP contribution in [-0.4, -0.2) is 17.8 Å². The third-order valence-electron chi connectivity index (χ3n) is 5.62. The van der Waals surface area contributed by atoms with Gasteiger partial charge in [0.2, 0.25) is 0 Å². The van der Waals surface area contributed by atoms with Crippen LogP contribution in [0.4, 0.5) is 0 Å². The maximum Gasteiger partial charge on any atom is 0.143 e. The maximum absolute atomic E-state index is 12.1. The van der Waals surface area contributed by atoms with E-state index in [4.69, 9.17) is 0 Å². The lowest BCUT2D eigenvalue weighted by Crippen LogP contribution is -2.55. The summed E-state index contributed by atoms with van der Waals surface area (Å²) in [5.41, 5.74) is 1.48. The van der Waals surface area contributed by atoms with Gasteiger partial charge in [0.05, 0.1) is 5.75 Å². The highest BCUT2D eigenvalue weighted by molar-refractivity contribution is 7.99. The first-order valence-electron chi connectivity index (χ1n) is 7.37. The van der Waals surface area contributed by atoms with E-state index in [2.05, 4.69) is 13.8 Å². The van der Waals surface area contributed by atoms with E-state index in [0.717, 1.165) is 18.1 Å². The summed E-state index contributed by atoms with van der Waals surface area (Å²) in [6.45, 7) is 4.98. The minimum Gasteiger partial charge on any atom is -0.299 e. The SMILES string of the molecule is CSCC(=O)CC12CC3CC(C)(CC(C)(C3)C1)C2. The molecule has 0 N–H and O–H groups in total. The quantitative estimate of drug-likeness (QED) is 0.754. The van der Waals surface area contributed by atoms with Crippen molar-refractivity contribution < 1.29 is 4.79 Å². The van der Waals surface area contributed by atoms with Crippen LogP contribution in [0.1, 0.15) is 58.8 Å². The van der Waals surface area contributed by atoms with Gasteiger partial charge in [-0.3, -0.25) is 4.79 Å². The number of carbonyl (C=O) groups is 1. The molecule has 0 aromatic carbocycles. The standard InChI is InChI=1S/C16H26OS/c1-14-4-12-5-15(2,9-14)11-16(6-12,10-14)7-13(17)8-18-3/h12H,4-11H2,1-3H3. The van der Waals surface area contributed by atoms with Crippen LogP contribution in [0.3, 0.4) is 0 Å². The molecule has 0 aromatic rings. The van der Waals surface area contributed by atoms with Crippen LogP contribution in [-0.2, 0) is 4.79 Å². The molecule has 0 aromatic heterocycles. The summed E-state index contributed by atoms with van der Waals surface area (Å²) in [5, 5.41) is 0. The van der Waals surface area contributed by atoms with Crippen LogP contribution in [0.15, 0.2) is 0 Å². The Morgan fingerprint density at radius 1 is 1.11 bits per heavy atom. The minimum atomic E-state index is 0.385. The number of hydrogen-bond acceptors (Lipinski definition) is 2. The molecule has 2 unspecified atom stereocenters. The molecule has 18 heavy (non-hydrogen) atoms. The molecule has 1 nitrogen and oxygen atoms in total. The molecule has 0 amide bonds. The van der Waals surface area contributed by atoms with Gasteiger partial charge in [0, 0.05) is 6.42 Å². The molecule has 4 aliphatic rings. The van der Waals surface area contributed by atoms with Crippen LogP contribution in [0.2, 0.25) is 0 Å². The molecule has 2 heteroatoms. The fraction of sp³-hybridized carbons (Fsp3) is 0.938. The fourth-order valence-electron chi connectivity index (χ4n) is 6.51. The van der Waals surface area contributed by atoms with Crippen LogP contribution >= 0.6 is 11.8 Å². The summed E-state index contributed by atoms with van der Waals surface area (Å²) in [6.07, 6.45) is 11.2. The smallest absolute Gasteiger partial charge is 0.143 e. The predicted molar refractivity (Wildman–Crippen MR) is 77.8 cm³/mol. The number of rotatable bonds is 4. The highest BCUT2D eigenvalue weighted by Crippen LogP contribution is 2.70. The lowest BCUT2D eigenvalue weighted by molar-refractivity contribution is -0.154. The molecule has 0 aliphatic heterocycles. The molecule has 0 heterocycles. The Hall–Kier alpha value is 0.0200. The van der Waals surface area contributed by atoms with E-state index in [0.29, 0.717) is 22.0 Å². The van der Waals surface area contributed by atoms with Crippen molar-refractivity contribution in [3.8, 4) is 0 Å². The fourth-order valence-corrected chi connectivity index (χ4v) is 6.94. The summed E-state index contributed by atoms with van der Waals surface area (Å²) < 4.78 is 0. The zero-order valence-electron chi connectivity index (χ0n) is 12.1. The zero-order valence-corrected chi connectivity index (χ0v) is 12.9. The van der Waals surface area contributed by atoms with Crippen molar-refractivity contribution >= 4 is 17.5 Å². The lowest BCUT2D eigenvalue weighted by Gasteiger charge is -2.65. The first kappa shape index (κ1) is 13.0. The summed E-state index contributed by atoms with van der Waals surface area (Å²) in [7, 11) is 0. The topological polar surface area (TPSA) is 17.1 Å². The van der Waals surface area contributed by atoms with Crippen molar-refractivity contribution in [2.45, 2.75) is 58.8 Å². The van der Waals surface area contributed by atoms with Gasteiger partial charge in [-0.05, 0) is 66.9 Å². The first-order chi connectivity index (χ1) is 8.36. The average molecular weight is 266 g/mol. The monoisotopic (exact) mass is 266 g/mol. The van der Waals surface area contributed by atoms with Crippen molar-refractivity contribution in [3.63, 3.8) is 0 Å². The molecule has 4 aliphatic carbocycles. The molecule has 102 valence electrons. The van der Waals surface area contributed by atoms with Gasteiger partial charge in [0.15, 0.2) is 0 Å². The van der Waals surface area contributed by atoms with E-state index in [1.54, 1.807) is 11.8 Å². The van der Waals surface area contributed by atoms with E-state index >= 15 is 0 Å². The molecule has 4 rings (SSSR count). The Morgan fingerprint density at radius 2 is 1.72 bits per heavy atom. The van der Waals surface area contributed by atoms with Crippen LogP contribution in [0.5, 0.6) is 0 Å². The highest BCUT2D eigenvalue weighted by Gasteiger charge is 2.60. The number of Topliss-reactive ketones (excluding diaryl/α,β-unsaturated/α-hetero) is 1. The second-order valence-electron chi connectivity index (χ2n) is 8.28. The Morgan fingerprint density at radius 3 is 2.22 bits per heavy atom. The molecule has 4 fully saturated rings. The van der Waals surface area contributed by atoms with Crippen molar-refractivity contribution in [1.82, 2.24) is 0 Å². The Balaban J connectivity index is 1.82. The largest absolute Gasteiger partial charge is 0.299 e. The van der Waals surface area contributed by atoms with Crippen LogP contribution in [0.25, 0.3) is 0 Å². The van der Waals surface area contributed by atoms with Gasteiger partial charge in [-0.1, -0.05) is 13.8 Å². The van der Waals surface area contributed by atoms with Gasteiger partial charge < -0.3 is 0 Å². The summed E-state index contributed by atoms with van der Waals surface area (Å²) in [5.74, 6) is 2.13. The highest BCUT2D eigenvalue weighted by atomic mass is 32.2. The molecule has 0 spiro atoms. The zero-order chi connectivity index (χ0) is 13.0. The Labute approximate surface area is 115 Å². The normalized spacial score (nSPS) is 49.6. The van der Waals surface area contributed by atoms with Crippen LogP contribution < -0.4 is 0 Å². The molecule has 4 saturated carbocycles. The lowest BCUT2D eigenvalue weighted by atomic mass is 9.40.